The van der Waals surface area contributed by atoms with E-state index in [1.54, 1.807) is 19.1 Å². The Bertz CT molecular complexity index is 1360. The first kappa shape index (κ1) is 27.4. The third-order valence-corrected chi connectivity index (χ3v) is 8.62. The number of aromatic hydroxyl groups is 1. The number of rotatable bonds is 7. The quantitative estimate of drug-likeness (QED) is 0.525. The van der Waals surface area contributed by atoms with Gasteiger partial charge in [0.15, 0.2) is 5.56 Å². The van der Waals surface area contributed by atoms with Gasteiger partial charge in [0.25, 0.3) is 11.5 Å². The van der Waals surface area contributed by atoms with Gasteiger partial charge in [-0.2, -0.15) is 9.61 Å². The molecule has 2 saturated heterocycles. The minimum absolute atomic E-state index is 0.0355. The van der Waals surface area contributed by atoms with Crippen molar-refractivity contribution in [3.63, 3.8) is 0 Å². The SMILES string of the molecule is Cc1nn2c(O)c(C(=O)NC3CC3)c(=O)n(CC(C)C)c2c1C=CC(=O)N1CCCC12CCN(C(C)C)CC2. The molecule has 10 nitrogen and oxygen atoms in total. The number of piperidine rings is 1. The maximum Gasteiger partial charge on any atom is 0.270 e. The van der Waals surface area contributed by atoms with Gasteiger partial charge in [0.2, 0.25) is 11.8 Å². The molecule has 0 atom stereocenters. The van der Waals surface area contributed by atoms with Gasteiger partial charge < -0.3 is 20.2 Å². The summed E-state index contributed by atoms with van der Waals surface area (Å²) in [5, 5.41) is 18.3. The fraction of sp³-hybridized carbons (Fsp3) is 0.655. The van der Waals surface area contributed by atoms with Gasteiger partial charge >= 0.3 is 0 Å². The summed E-state index contributed by atoms with van der Waals surface area (Å²) in [6.45, 7) is 13.3. The average Bonchev–Trinajstić information content (AvgIpc) is 3.50. The minimum atomic E-state index is -0.581. The van der Waals surface area contributed by atoms with E-state index < -0.39 is 17.3 Å². The van der Waals surface area contributed by atoms with Gasteiger partial charge in [-0.1, -0.05) is 13.8 Å². The number of aromatic nitrogens is 3. The second-order valence-corrected chi connectivity index (χ2v) is 12.3. The van der Waals surface area contributed by atoms with E-state index in [-0.39, 0.29) is 29.0 Å². The van der Waals surface area contributed by atoms with Crippen LogP contribution in [0.4, 0.5) is 0 Å². The normalized spacial score (nSPS) is 19.8. The van der Waals surface area contributed by atoms with E-state index in [2.05, 4.69) is 29.2 Å². The molecule has 2 N–H and O–H groups in total. The summed E-state index contributed by atoms with van der Waals surface area (Å²) in [6, 6.07) is 0.549. The number of fused-ring (bicyclic) bond motifs is 1. The van der Waals surface area contributed by atoms with Crippen LogP contribution in [-0.2, 0) is 11.3 Å². The largest absolute Gasteiger partial charge is 0.492 e. The van der Waals surface area contributed by atoms with E-state index in [9.17, 15) is 19.5 Å². The molecule has 0 bridgehead atoms. The second-order valence-electron chi connectivity index (χ2n) is 12.3. The third-order valence-electron chi connectivity index (χ3n) is 8.62. The summed E-state index contributed by atoms with van der Waals surface area (Å²) in [6.07, 6.45) is 9.03. The van der Waals surface area contributed by atoms with E-state index in [0.717, 1.165) is 58.2 Å². The van der Waals surface area contributed by atoms with E-state index in [1.165, 1.54) is 9.08 Å². The maximum absolute atomic E-state index is 13.6. The van der Waals surface area contributed by atoms with Crippen molar-refractivity contribution >= 4 is 23.5 Å². The van der Waals surface area contributed by atoms with Crippen LogP contribution < -0.4 is 10.9 Å². The number of carbonyl (C=O) groups is 2. The summed E-state index contributed by atoms with van der Waals surface area (Å²) in [5.41, 5.74) is 0.599. The van der Waals surface area contributed by atoms with Crippen molar-refractivity contribution in [1.29, 1.82) is 0 Å². The third kappa shape index (κ3) is 5.11. The fourth-order valence-electron chi connectivity index (χ4n) is 6.28. The van der Waals surface area contributed by atoms with Gasteiger partial charge in [-0.05, 0) is 71.3 Å². The number of likely N-dealkylation sites (tertiary alicyclic amines) is 2. The summed E-state index contributed by atoms with van der Waals surface area (Å²) in [5.74, 6) is -0.989. The number of hydrogen-bond acceptors (Lipinski definition) is 6. The monoisotopic (exact) mass is 538 g/mol. The molecule has 212 valence electrons. The minimum Gasteiger partial charge on any atom is -0.492 e. The van der Waals surface area contributed by atoms with E-state index >= 15 is 0 Å². The summed E-state index contributed by atoms with van der Waals surface area (Å²) in [7, 11) is 0. The van der Waals surface area contributed by atoms with E-state index in [4.69, 9.17) is 0 Å². The molecule has 4 heterocycles. The zero-order valence-electron chi connectivity index (χ0n) is 23.9. The number of nitrogens with zero attached hydrogens (tertiary/aromatic N) is 5. The molecule has 10 heteroatoms. The van der Waals surface area contributed by atoms with E-state index in [0.29, 0.717) is 29.5 Å². The van der Waals surface area contributed by atoms with Crippen LogP contribution >= 0.6 is 0 Å². The maximum atomic E-state index is 13.6. The summed E-state index contributed by atoms with van der Waals surface area (Å²) < 4.78 is 2.78. The molecule has 0 aromatic carbocycles. The van der Waals surface area contributed by atoms with Crippen molar-refractivity contribution in [3.05, 3.63) is 33.3 Å². The van der Waals surface area contributed by atoms with Crippen LogP contribution in [0.15, 0.2) is 10.9 Å². The number of aryl methyl sites for hydroxylation is 1. The highest BCUT2D eigenvalue weighted by molar-refractivity contribution is 5.97. The van der Waals surface area contributed by atoms with Crippen LogP contribution in [0.2, 0.25) is 0 Å². The lowest BCUT2D eigenvalue weighted by atomic mass is 9.84. The van der Waals surface area contributed by atoms with Gasteiger partial charge in [0, 0.05) is 55.4 Å². The zero-order chi connectivity index (χ0) is 28.1. The molecule has 1 aliphatic carbocycles. The Morgan fingerprint density at radius 3 is 2.44 bits per heavy atom. The van der Waals surface area contributed by atoms with Crippen LogP contribution in [0.5, 0.6) is 5.88 Å². The molecule has 1 saturated carbocycles. The van der Waals surface area contributed by atoms with Crippen molar-refractivity contribution in [2.45, 2.75) is 97.3 Å². The molecule has 3 fully saturated rings. The number of nitrogens with one attached hydrogen (secondary N) is 1. The lowest BCUT2D eigenvalue weighted by molar-refractivity contribution is -0.131. The Hall–Kier alpha value is -3.14. The first-order chi connectivity index (χ1) is 18.5. The van der Waals surface area contributed by atoms with Crippen LogP contribution in [0.3, 0.4) is 0 Å². The average molecular weight is 539 g/mol. The summed E-state index contributed by atoms with van der Waals surface area (Å²) >= 11 is 0. The highest BCUT2D eigenvalue weighted by Crippen LogP contribution is 2.39. The predicted octanol–water partition coefficient (Wildman–Crippen LogP) is 2.94. The van der Waals surface area contributed by atoms with Gasteiger partial charge in [-0.15, -0.1) is 0 Å². The predicted molar refractivity (Wildman–Crippen MR) is 150 cm³/mol. The van der Waals surface area contributed by atoms with Crippen molar-refractivity contribution in [2.24, 2.45) is 5.92 Å². The van der Waals surface area contributed by atoms with Crippen LogP contribution in [0.25, 0.3) is 11.7 Å². The lowest BCUT2D eigenvalue weighted by Crippen LogP contribution is -2.54. The molecule has 2 aliphatic heterocycles. The van der Waals surface area contributed by atoms with Crippen LogP contribution in [-0.4, -0.2) is 78.2 Å². The van der Waals surface area contributed by atoms with Gasteiger partial charge in [-0.3, -0.25) is 19.0 Å². The summed E-state index contributed by atoms with van der Waals surface area (Å²) in [4.78, 5) is 44.5. The Labute approximate surface area is 229 Å². The van der Waals surface area contributed by atoms with Gasteiger partial charge in [0.05, 0.1) is 5.69 Å². The van der Waals surface area contributed by atoms with Crippen molar-refractivity contribution < 1.29 is 14.7 Å². The van der Waals surface area contributed by atoms with Gasteiger partial charge in [-0.25, -0.2) is 0 Å². The molecule has 1 spiro atoms. The second kappa shape index (κ2) is 10.4. The van der Waals surface area contributed by atoms with E-state index in [1.807, 2.05) is 18.7 Å². The van der Waals surface area contributed by atoms with Crippen molar-refractivity contribution in [2.75, 3.05) is 19.6 Å². The smallest absolute Gasteiger partial charge is 0.270 e. The highest BCUT2D eigenvalue weighted by atomic mass is 16.3. The molecule has 2 aromatic rings. The Balaban J connectivity index is 1.49. The number of carbonyl (C=O) groups excluding carboxylic acids is 2. The molecule has 3 aliphatic rings. The van der Waals surface area contributed by atoms with Crippen LogP contribution in [0.1, 0.15) is 87.8 Å². The Kier molecular flexibility index (Phi) is 7.35. The lowest BCUT2D eigenvalue weighted by Gasteiger charge is -2.45. The molecule has 0 radical (unpaired) electrons. The first-order valence-corrected chi connectivity index (χ1v) is 14.4. The van der Waals surface area contributed by atoms with Crippen molar-refractivity contribution in [3.8, 4) is 5.88 Å². The Morgan fingerprint density at radius 2 is 1.82 bits per heavy atom. The van der Waals surface area contributed by atoms with Crippen molar-refractivity contribution in [1.82, 2.24) is 29.3 Å². The first-order valence-electron chi connectivity index (χ1n) is 14.4. The fourth-order valence-corrected chi connectivity index (χ4v) is 6.28. The molecule has 0 unspecified atom stereocenters. The Morgan fingerprint density at radius 1 is 1.13 bits per heavy atom. The number of hydrogen-bond donors (Lipinski definition) is 2. The van der Waals surface area contributed by atoms with Crippen LogP contribution in [0, 0.1) is 12.8 Å². The molecule has 39 heavy (non-hydrogen) atoms. The molecule has 2 aromatic heterocycles. The molecule has 2 amide bonds. The zero-order valence-corrected chi connectivity index (χ0v) is 23.9. The molecule has 5 rings (SSSR count). The highest BCUT2D eigenvalue weighted by Gasteiger charge is 2.45. The van der Waals surface area contributed by atoms with Gasteiger partial charge in [0.1, 0.15) is 5.65 Å². The standard InChI is InChI=1S/C29H42N6O4/c1-18(2)17-33-26-22(20(5)31-35(26)28(39)24(27(33)38)25(37)30-21-7-8-21)9-10-23(36)34-14-6-11-29(34)12-15-32(16-13-29)19(3)4/h9-10,18-19,21,39H,6-8,11-17H2,1-5H3,(H,30,37). The topological polar surface area (TPSA) is 112 Å². The molecular weight excluding hydrogens is 496 g/mol. The number of amides is 2. The molecular formula is C29H42N6O4.